The number of fused-ring (bicyclic) bond motifs is 1. The van der Waals surface area contributed by atoms with E-state index in [0.29, 0.717) is 6.54 Å². The first-order valence-corrected chi connectivity index (χ1v) is 6.78. The molecule has 0 radical (unpaired) electrons. The number of rotatable bonds is 3. The number of carboxylic acid groups (broad SMARTS) is 1. The molecule has 2 saturated heterocycles. The van der Waals surface area contributed by atoms with Crippen LogP contribution in [0.2, 0.25) is 0 Å². The molecule has 2 bridgehead atoms. The Morgan fingerprint density at radius 3 is 2.50 bits per heavy atom. The lowest BCUT2D eigenvalue weighted by Gasteiger charge is -2.40. The van der Waals surface area contributed by atoms with Crippen molar-refractivity contribution in [1.29, 1.82) is 0 Å². The smallest absolute Gasteiger partial charge is 0.410 e. The van der Waals surface area contributed by atoms with E-state index in [1.807, 2.05) is 0 Å². The molecule has 0 aromatic rings. The van der Waals surface area contributed by atoms with E-state index >= 15 is 0 Å². The third-order valence-corrected chi connectivity index (χ3v) is 4.04. The van der Waals surface area contributed by atoms with E-state index < -0.39 is 29.8 Å². The summed E-state index contributed by atoms with van der Waals surface area (Å²) >= 11 is 0. The molecule has 2 heterocycles. The molecule has 114 valence electrons. The van der Waals surface area contributed by atoms with E-state index in [0.717, 1.165) is 6.42 Å². The van der Waals surface area contributed by atoms with Gasteiger partial charge in [-0.3, -0.25) is 4.79 Å². The molecule has 3 aliphatic rings. The number of nitrogens with two attached hydrogens (primary N) is 1. The molecule has 1 amide bonds. The maximum Gasteiger partial charge on any atom is 0.410 e. The van der Waals surface area contributed by atoms with Crippen molar-refractivity contribution in [2.45, 2.75) is 51.0 Å². The average Bonchev–Trinajstić information content (AvgIpc) is 2.83. The number of carboxylic acids is 1. The third kappa shape index (κ3) is 2.60. The van der Waals surface area contributed by atoms with Gasteiger partial charge in [-0.25, -0.2) is 4.79 Å². The fourth-order valence-corrected chi connectivity index (χ4v) is 3.08. The topological polar surface area (TPSA) is 113 Å². The van der Waals surface area contributed by atoms with E-state index in [4.69, 9.17) is 15.6 Å². The fourth-order valence-electron chi connectivity index (χ4n) is 3.08. The Labute approximate surface area is 117 Å². The number of aliphatic carboxylic acids is 1. The highest BCUT2D eigenvalue weighted by Crippen LogP contribution is 2.48. The highest BCUT2D eigenvalue weighted by Gasteiger charge is 2.58. The van der Waals surface area contributed by atoms with Crippen LogP contribution in [0.25, 0.3) is 0 Å². The Hall–Kier alpha value is -1.34. The number of ether oxygens (including phenoxy) is 1. The monoisotopic (exact) mass is 286 g/mol. The van der Waals surface area contributed by atoms with Crippen molar-refractivity contribution in [3.05, 3.63) is 0 Å². The molecule has 1 aliphatic carbocycles. The van der Waals surface area contributed by atoms with Gasteiger partial charge >= 0.3 is 12.1 Å². The van der Waals surface area contributed by atoms with Crippen LogP contribution < -0.4 is 5.73 Å². The summed E-state index contributed by atoms with van der Waals surface area (Å²) in [6.45, 7) is 5.86. The lowest BCUT2D eigenvalue weighted by Crippen LogP contribution is -2.55. The lowest BCUT2D eigenvalue weighted by atomic mass is 9.69. The van der Waals surface area contributed by atoms with Crippen LogP contribution in [0, 0.1) is 11.8 Å². The first-order valence-electron chi connectivity index (χ1n) is 6.78. The zero-order chi connectivity index (χ0) is 15.2. The Balaban J connectivity index is 2.00. The first-order chi connectivity index (χ1) is 9.11. The fraction of sp³-hybridized carbons (Fsp3) is 0.846. The highest BCUT2D eigenvalue weighted by atomic mass is 16.6. The molecule has 3 rings (SSSR count). The van der Waals surface area contributed by atoms with Crippen molar-refractivity contribution in [2.75, 3.05) is 6.54 Å². The molecular formula is C13H22N2O5. The molecule has 1 saturated carbocycles. The molecule has 0 aromatic carbocycles. The Bertz CT molecular complexity index is 419. The minimum absolute atomic E-state index is 0.105. The standard InChI is InChI=1S/C13H22N2O5/c1-13(2,3)20-12(19)15-5-6-4-7(15)8(6)10(16)9(14)11(17)18/h6-10,16H,4-5,14H2,1-3H3,(H,17,18)/t6-,7-,8?,9?,10?/m0/s1. The van der Waals surface area contributed by atoms with Crippen molar-refractivity contribution < 1.29 is 24.5 Å². The summed E-state index contributed by atoms with van der Waals surface area (Å²) in [4.78, 5) is 24.5. The molecule has 7 heteroatoms. The van der Waals surface area contributed by atoms with Crippen LogP contribution in [-0.2, 0) is 9.53 Å². The van der Waals surface area contributed by atoms with Crippen LogP contribution in [0.5, 0.6) is 0 Å². The molecule has 7 nitrogen and oxygen atoms in total. The zero-order valence-electron chi connectivity index (χ0n) is 11.9. The largest absolute Gasteiger partial charge is 0.480 e. The van der Waals surface area contributed by atoms with Crippen molar-refractivity contribution in [1.82, 2.24) is 4.90 Å². The van der Waals surface area contributed by atoms with E-state index in [9.17, 15) is 14.7 Å². The van der Waals surface area contributed by atoms with E-state index in [1.54, 1.807) is 25.7 Å². The number of hydrogen-bond acceptors (Lipinski definition) is 5. The summed E-state index contributed by atoms with van der Waals surface area (Å²) < 4.78 is 5.31. The van der Waals surface area contributed by atoms with Gasteiger partial charge in [0.25, 0.3) is 0 Å². The number of carbonyl (C=O) groups excluding carboxylic acids is 1. The van der Waals surface area contributed by atoms with Gasteiger partial charge in [-0.05, 0) is 33.1 Å². The summed E-state index contributed by atoms with van der Waals surface area (Å²) in [5, 5.41) is 18.9. The maximum absolute atomic E-state index is 12.0. The summed E-state index contributed by atoms with van der Waals surface area (Å²) in [5.74, 6) is -1.39. The van der Waals surface area contributed by atoms with Crippen LogP contribution in [0.3, 0.4) is 0 Å². The Morgan fingerprint density at radius 1 is 1.40 bits per heavy atom. The normalized spacial score (nSPS) is 31.4. The number of nitrogens with zero attached hydrogens (tertiary/aromatic N) is 1. The van der Waals surface area contributed by atoms with Crippen LogP contribution in [0.4, 0.5) is 4.79 Å². The molecule has 3 fully saturated rings. The lowest BCUT2D eigenvalue weighted by molar-refractivity contribution is -0.143. The van der Waals surface area contributed by atoms with Gasteiger partial charge in [0.05, 0.1) is 6.10 Å². The first kappa shape index (κ1) is 15.1. The van der Waals surface area contributed by atoms with Crippen LogP contribution >= 0.6 is 0 Å². The summed E-state index contributed by atoms with van der Waals surface area (Å²) in [6.07, 6.45) is -0.778. The van der Waals surface area contributed by atoms with Gasteiger partial charge in [-0.1, -0.05) is 0 Å². The molecular weight excluding hydrogens is 264 g/mol. The van der Waals surface area contributed by atoms with Crippen LogP contribution in [0.1, 0.15) is 27.2 Å². The molecule has 2 aliphatic heterocycles. The predicted molar refractivity (Wildman–Crippen MR) is 69.9 cm³/mol. The van der Waals surface area contributed by atoms with Gasteiger partial charge in [0.1, 0.15) is 11.6 Å². The third-order valence-electron chi connectivity index (χ3n) is 4.04. The minimum atomic E-state index is -1.32. The van der Waals surface area contributed by atoms with Crippen molar-refractivity contribution >= 4 is 12.1 Å². The van der Waals surface area contributed by atoms with E-state index in [2.05, 4.69) is 0 Å². The highest BCUT2D eigenvalue weighted by molar-refractivity contribution is 5.74. The number of carbonyl (C=O) groups is 2. The SMILES string of the molecule is CC(C)(C)OC(=O)N1C[C@@H]2C[C@H]1C2C(O)C(N)C(=O)O. The molecule has 20 heavy (non-hydrogen) atoms. The van der Waals surface area contributed by atoms with Gasteiger partial charge < -0.3 is 25.6 Å². The van der Waals surface area contributed by atoms with Gasteiger partial charge in [-0.15, -0.1) is 0 Å². The number of hydrogen-bond donors (Lipinski definition) is 3. The van der Waals surface area contributed by atoms with Crippen molar-refractivity contribution in [3.63, 3.8) is 0 Å². The average molecular weight is 286 g/mol. The number of aliphatic hydroxyl groups excluding tert-OH is 1. The van der Waals surface area contributed by atoms with Gasteiger partial charge in [-0.2, -0.15) is 0 Å². The summed E-state index contributed by atoms with van der Waals surface area (Å²) in [5.41, 5.74) is 4.89. The van der Waals surface area contributed by atoms with Gasteiger partial charge in [0.2, 0.25) is 0 Å². The van der Waals surface area contributed by atoms with Crippen molar-refractivity contribution in [3.8, 4) is 0 Å². The molecule has 3 unspecified atom stereocenters. The van der Waals surface area contributed by atoms with E-state index in [-0.39, 0.29) is 17.9 Å². The maximum atomic E-state index is 12.0. The second kappa shape index (κ2) is 4.89. The molecule has 4 N–H and O–H groups in total. The second-order valence-electron chi connectivity index (χ2n) is 6.63. The molecule has 0 aromatic heterocycles. The molecule has 5 atom stereocenters. The molecule has 0 spiro atoms. The number of amides is 1. The minimum Gasteiger partial charge on any atom is -0.480 e. The van der Waals surface area contributed by atoms with E-state index in [1.165, 1.54) is 0 Å². The van der Waals surface area contributed by atoms with Crippen molar-refractivity contribution in [2.24, 2.45) is 17.6 Å². The van der Waals surface area contributed by atoms with Gasteiger partial charge in [0, 0.05) is 18.5 Å². The summed E-state index contributed by atoms with van der Waals surface area (Å²) in [7, 11) is 0. The van der Waals surface area contributed by atoms with Crippen LogP contribution in [0.15, 0.2) is 0 Å². The second-order valence-corrected chi connectivity index (χ2v) is 6.63. The predicted octanol–water partition coefficient (Wildman–Crippen LogP) is 0.0146. The Morgan fingerprint density at radius 2 is 2.00 bits per heavy atom. The zero-order valence-corrected chi connectivity index (χ0v) is 11.9. The summed E-state index contributed by atoms with van der Waals surface area (Å²) in [6, 6.07) is -1.49. The number of aliphatic hydroxyl groups is 1. The van der Waals surface area contributed by atoms with Crippen LogP contribution in [-0.4, -0.2) is 57.5 Å². The quantitative estimate of drug-likeness (QED) is 0.674. The Kier molecular flexibility index (Phi) is 3.68. The van der Waals surface area contributed by atoms with Gasteiger partial charge in [0.15, 0.2) is 0 Å².